The summed E-state index contributed by atoms with van der Waals surface area (Å²) in [6.07, 6.45) is 0. The number of benzene rings is 2. The van der Waals surface area contributed by atoms with Gasteiger partial charge in [0.15, 0.2) is 5.16 Å². The fourth-order valence-corrected chi connectivity index (χ4v) is 2.83. The highest BCUT2D eigenvalue weighted by Crippen LogP contribution is 2.25. The molecule has 0 fully saturated rings. The van der Waals surface area contributed by atoms with Gasteiger partial charge in [0.25, 0.3) is 0 Å². The molecule has 3 nitrogen and oxygen atoms in total. The van der Waals surface area contributed by atoms with E-state index in [0.717, 1.165) is 11.3 Å². The molecule has 0 bridgehead atoms. The molecule has 0 saturated heterocycles. The summed E-state index contributed by atoms with van der Waals surface area (Å²) in [6.45, 7) is 1.85. The minimum atomic E-state index is -0.322. The summed E-state index contributed by atoms with van der Waals surface area (Å²) < 4.78 is 31.5. The van der Waals surface area contributed by atoms with Crippen LogP contribution >= 0.6 is 11.8 Å². The van der Waals surface area contributed by atoms with Gasteiger partial charge in [-0.2, -0.15) is 4.98 Å². The number of aryl methyl sites for hydroxylation is 1. The Labute approximate surface area is 142 Å². The monoisotopic (exact) mass is 344 g/mol. The SMILES string of the molecule is Cc1cc(Oc2ccc(F)cc2)nc(SCc2ccc(F)cc2)n1. The number of aromatic nitrogens is 2. The van der Waals surface area contributed by atoms with Crippen molar-refractivity contribution >= 4 is 11.8 Å². The van der Waals surface area contributed by atoms with E-state index in [1.54, 1.807) is 18.2 Å². The van der Waals surface area contributed by atoms with Crippen molar-refractivity contribution in [1.82, 2.24) is 9.97 Å². The van der Waals surface area contributed by atoms with E-state index < -0.39 is 0 Å². The van der Waals surface area contributed by atoms with Crippen LogP contribution in [0.15, 0.2) is 59.8 Å². The molecular formula is C18H14F2N2OS. The van der Waals surface area contributed by atoms with Crippen LogP contribution < -0.4 is 4.74 Å². The van der Waals surface area contributed by atoms with E-state index in [2.05, 4.69) is 9.97 Å². The molecule has 2 aromatic carbocycles. The molecule has 24 heavy (non-hydrogen) atoms. The number of ether oxygens (including phenoxy) is 1. The first-order chi connectivity index (χ1) is 11.6. The summed E-state index contributed by atoms with van der Waals surface area (Å²) in [5.41, 5.74) is 1.75. The average molecular weight is 344 g/mol. The highest BCUT2D eigenvalue weighted by atomic mass is 32.2. The number of nitrogens with zero attached hydrogens (tertiary/aromatic N) is 2. The predicted molar refractivity (Wildman–Crippen MR) is 89.2 cm³/mol. The van der Waals surface area contributed by atoms with Gasteiger partial charge in [-0.3, -0.25) is 0 Å². The first-order valence-corrected chi connectivity index (χ1v) is 8.23. The third-order valence-corrected chi connectivity index (χ3v) is 4.05. The van der Waals surface area contributed by atoms with E-state index in [1.165, 1.54) is 48.2 Å². The Morgan fingerprint density at radius 1 is 0.917 bits per heavy atom. The molecule has 1 heterocycles. The van der Waals surface area contributed by atoms with E-state index in [4.69, 9.17) is 4.74 Å². The van der Waals surface area contributed by atoms with Crippen molar-refractivity contribution < 1.29 is 13.5 Å². The lowest BCUT2D eigenvalue weighted by Gasteiger charge is -2.07. The van der Waals surface area contributed by atoms with Crippen molar-refractivity contribution in [2.75, 3.05) is 0 Å². The van der Waals surface area contributed by atoms with Crippen LogP contribution in [0.3, 0.4) is 0 Å². The summed E-state index contributed by atoms with van der Waals surface area (Å²) in [7, 11) is 0. The lowest BCUT2D eigenvalue weighted by molar-refractivity contribution is 0.453. The third-order valence-electron chi connectivity index (χ3n) is 3.13. The highest BCUT2D eigenvalue weighted by molar-refractivity contribution is 7.98. The molecule has 3 rings (SSSR count). The van der Waals surface area contributed by atoms with Gasteiger partial charge < -0.3 is 4.74 Å². The van der Waals surface area contributed by atoms with Crippen LogP contribution in [0.1, 0.15) is 11.3 Å². The smallest absolute Gasteiger partial charge is 0.223 e. The highest BCUT2D eigenvalue weighted by Gasteiger charge is 2.06. The van der Waals surface area contributed by atoms with Crippen molar-refractivity contribution in [3.8, 4) is 11.6 Å². The largest absolute Gasteiger partial charge is 0.439 e. The van der Waals surface area contributed by atoms with Crippen LogP contribution in [0.4, 0.5) is 8.78 Å². The van der Waals surface area contributed by atoms with Gasteiger partial charge in [-0.25, -0.2) is 13.8 Å². The predicted octanol–water partition coefficient (Wildman–Crippen LogP) is 5.15. The van der Waals surface area contributed by atoms with E-state index in [0.29, 0.717) is 22.5 Å². The Balaban J connectivity index is 1.71. The zero-order valence-corrected chi connectivity index (χ0v) is 13.7. The molecule has 0 N–H and O–H groups in total. The Bertz CT molecular complexity index is 823. The number of halogens is 2. The molecule has 0 aliphatic heterocycles. The molecular weight excluding hydrogens is 330 g/mol. The first kappa shape index (κ1) is 16.4. The Kier molecular flexibility index (Phi) is 5.05. The molecule has 122 valence electrons. The minimum Gasteiger partial charge on any atom is -0.439 e. The van der Waals surface area contributed by atoms with Crippen LogP contribution in [0.25, 0.3) is 0 Å². The summed E-state index contributed by atoms with van der Waals surface area (Å²) in [6, 6.07) is 13.8. The maximum atomic E-state index is 12.9. The normalized spacial score (nSPS) is 10.6. The van der Waals surface area contributed by atoms with Crippen LogP contribution in [0.5, 0.6) is 11.6 Å². The van der Waals surface area contributed by atoms with Crippen molar-refractivity contribution in [1.29, 1.82) is 0 Å². The van der Waals surface area contributed by atoms with Gasteiger partial charge in [-0.1, -0.05) is 23.9 Å². The first-order valence-electron chi connectivity index (χ1n) is 7.25. The standard InChI is InChI=1S/C18H14F2N2OS/c1-12-10-17(23-16-8-6-15(20)7-9-16)22-18(21-12)24-11-13-2-4-14(19)5-3-13/h2-10H,11H2,1H3. The topological polar surface area (TPSA) is 35.0 Å². The Hall–Kier alpha value is -2.47. The maximum absolute atomic E-state index is 12.9. The van der Waals surface area contributed by atoms with E-state index >= 15 is 0 Å². The molecule has 0 aliphatic rings. The quantitative estimate of drug-likeness (QED) is 0.474. The van der Waals surface area contributed by atoms with E-state index in [1.807, 2.05) is 6.92 Å². The molecule has 0 spiro atoms. The molecule has 0 radical (unpaired) electrons. The second kappa shape index (κ2) is 7.40. The van der Waals surface area contributed by atoms with Crippen LogP contribution in [0, 0.1) is 18.6 Å². The molecule has 6 heteroatoms. The Morgan fingerprint density at radius 2 is 1.54 bits per heavy atom. The lowest BCUT2D eigenvalue weighted by Crippen LogP contribution is -1.95. The van der Waals surface area contributed by atoms with E-state index in [-0.39, 0.29) is 11.6 Å². The number of hydrogen-bond acceptors (Lipinski definition) is 4. The van der Waals surface area contributed by atoms with Crippen LogP contribution in [0.2, 0.25) is 0 Å². The molecule has 0 saturated carbocycles. The lowest BCUT2D eigenvalue weighted by atomic mass is 10.2. The van der Waals surface area contributed by atoms with Gasteiger partial charge in [0, 0.05) is 17.5 Å². The molecule has 1 aromatic heterocycles. The zero-order chi connectivity index (χ0) is 16.9. The van der Waals surface area contributed by atoms with Gasteiger partial charge >= 0.3 is 0 Å². The molecule has 0 aliphatic carbocycles. The van der Waals surface area contributed by atoms with E-state index in [9.17, 15) is 8.78 Å². The fraction of sp³-hybridized carbons (Fsp3) is 0.111. The summed E-state index contributed by atoms with van der Waals surface area (Å²) in [4.78, 5) is 8.71. The maximum Gasteiger partial charge on any atom is 0.223 e. The number of hydrogen-bond donors (Lipinski definition) is 0. The minimum absolute atomic E-state index is 0.259. The summed E-state index contributed by atoms with van der Waals surface area (Å²) in [5.74, 6) is 0.946. The average Bonchev–Trinajstić information content (AvgIpc) is 2.56. The van der Waals surface area contributed by atoms with Crippen molar-refractivity contribution in [3.63, 3.8) is 0 Å². The molecule has 0 atom stereocenters. The number of rotatable bonds is 5. The zero-order valence-electron chi connectivity index (χ0n) is 12.9. The molecule has 3 aromatic rings. The van der Waals surface area contributed by atoms with Gasteiger partial charge in [0.1, 0.15) is 17.4 Å². The van der Waals surface area contributed by atoms with Gasteiger partial charge in [-0.15, -0.1) is 0 Å². The van der Waals surface area contributed by atoms with Gasteiger partial charge in [0.05, 0.1) is 0 Å². The second-order valence-corrected chi connectivity index (χ2v) is 6.04. The molecule has 0 amide bonds. The third kappa shape index (κ3) is 4.52. The van der Waals surface area contributed by atoms with Crippen molar-refractivity contribution in [2.45, 2.75) is 17.8 Å². The van der Waals surface area contributed by atoms with Crippen LogP contribution in [-0.4, -0.2) is 9.97 Å². The van der Waals surface area contributed by atoms with Crippen molar-refractivity contribution in [3.05, 3.63) is 77.5 Å². The fourth-order valence-electron chi connectivity index (χ4n) is 1.98. The summed E-state index contributed by atoms with van der Waals surface area (Å²) in [5, 5.41) is 0.566. The molecule has 0 unspecified atom stereocenters. The van der Waals surface area contributed by atoms with Gasteiger partial charge in [0.2, 0.25) is 5.88 Å². The Morgan fingerprint density at radius 3 is 2.21 bits per heavy atom. The number of thioether (sulfide) groups is 1. The van der Waals surface area contributed by atoms with Crippen LogP contribution in [-0.2, 0) is 5.75 Å². The van der Waals surface area contributed by atoms with Crippen molar-refractivity contribution in [2.24, 2.45) is 0 Å². The second-order valence-electron chi connectivity index (χ2n) is 5.10. The van der Waals surface area contributed by atoms with Gasteiger partial charge in [-0.05, 0) is 48.9 Å². The summed E-state index contributed by atoms with van der Waals surface area (Å²) >= 11 is 1.44.